The van der Waals surface area contributed by atoms with E-state index in [0.717, 1.165) is 58.0 Å². The van der Waals surface area contributed by atoms with Crippen LogP contribution >= 0.6 is 0 Å². The topological polar surface area (TPSA) is 47.7 Å². The lowest BCUT2D eigenvalue weighted by atomic mass is 10.1. The van der Waals surface area contributed by atoms with Gasteiger partial charge >= 0.3 is 0 Å². The molecule has 1 heterocycles. The number of ether oxygens (including phenoxy) is 2. The number of morpholine rings is 1. The Balaban J connectivity index is 1.62. The molecule has 0 amide bonds. The summed E-state index contributed by atoms with van der Waals surface area (Å²) >= 11 is 0. The van der Waals surface area contributed by atoms with Gasteiger partial charge in [-0.05, 0) is 37.1 Å². The van der Waals surface area contributed by atoms with E-state index in [1.165, 1.54) is 5.56 Å². The summed E-state index contributed by atoms with van der Waals surface area (Å²) in [6, 6.07) is 8.23. The molecule has 2 rings (SSSR count). The SMILES string of the molecule is NCCc1ccc(OCCCN2CCOCC2)cc1. The third kappa shape index (κ3) is 5.19. The second kappa shape index (κ2) is 8.15. The van der Waals surface area contributed by atoms with E-state index in [-0.39, 0.29) is 0 Å². The lowest BCUT2D eigenvalue weighted by molar-refractivity contribution is 0.0358. The van der Waals surface area contributed by atoms with Crippen molar-refractivity contribution in [2.24, 2.45) is 5.73 Å². The zero-order valence-corrected chi connectivity index (χ0v) is 11.5. The summed E-state index contributed by atoms with van der Waals surface area (Å²) in [6.45, 7) is 6.39. The van der Waals surface area contributed by atoms with Crippen LogP contribution in [0.4, 0.5) is 0 Å². The van der Waals surface area contributed by atoms with E-state index < -0.39 is 0 Å². The number of hydrogen-bond donors (Lipinski definition) is 1. The molecule has 0 bridgehead atoms. The van der Waals surface area contributed by atoms with Crippen molar-refractivity contribution in [3.8, 4) is 5.75 Å². The van der Waals surface area contributed by atoms with Crippen LogP contribution in [0.5, 0.6) is 5.75 Å². The number of nitrogens with zero attached hydrogens (tertiary/aromatic N) is 1. The van der Waals surface area contributed by atoms with Gasteiger partial charge in [-0.1, -0.05) is 12.1 Å². The molecule has 1 aliphatic heterocycles. The van der Waals surface area contributed by atoms with Crippen LogP contribution in [-0.2, 0) is 11.2 Å². The second-order valence-corrected chi connectivity index (χ2v) is 4.84. The normalized spacial score (nSPS) is 16.5. The van der Waals surface area contributed by atoms with Crippen molar-refractivity contribution in [2.75, 3.05) is 46.0 Å². The minimum atomic E-state index is 0.694. The fourth-order valence-electron chi connectivity index (χ4n) is 2.22. The molecule has 1 fully saturated rings. The number of benzene rings is 1. The Labute approximate surface area is 115 Å². The zero-order chi connectivity index (χ0) is 13.3. The fraction of sp³-hybridized carbons (Fsp3) is 0.600. The van der Waals surface area contributed by atoms with Crippen LogP contribution in [0.15, 0.2) is 24.3 Å². The van der Waals surface area contributed by atoms with Gasteiger partial charge in [-0.3, -0.25) is 4.90 Å². The van der Waals surface area contributed by atoms with Crippen molar-refractivity contribution in [3.05, 3.63) is 29.8 Å². The highest BCUT2D eigenvalue weighted by molar-refractivity contribution is 5.27. The van der Waals surface area contributed by atoms with E-state index in [4.69, 9.17) is 15.2 Å². The molecular formula is C15H24N2O2. The molecule has 0 atom stereocenters. The standard InChI is InChI=1S/C15H24N2O2/c16-7-6-14-2-4-15(5-3-14)19-11-1-8-17-9-12-18-13-10-17/h2-5H,1,6-13,16H2. The van der Waals surface area contributed by atoms with E-state index in [1.807, 2.05) is 12.1 Å². The van der Waals surface area contributed by atoms with E-state index in [9.17, 15) is 0 Å². The van der Waals surface area contributed by atoms with Crippen molar-refractivity contribution in [3.63, 3.8) is 0 Å². The molecule has 0 aromatic heterocycles. The van der Waals surface area contributed by atoms with Crippen molar-refractivity contribution in [2.45, 2.75) is 12.8 Å². The van der Waals surface area contributed by atoms with Gasteiger partial charge in [-0.2, -0.15) is 0 Å². The van der Waals surface area contributed by atoms with Gasteiger partial charge in [0, 0.05) is 19.6 Å². The van der Waals surface area contributed by atoms with E-state index >= 15 is 0 Å². The third-order valence-corrected chi connectivity index (χ3v) is 3.35. The monoisotopic (exact) mass is 264 g/mol. The Morgan fingerprint density at radius 2 is 1.89 bits per heavy atom. The summed E-state index contributed by atoms with van der Waals surface area (Å²) in [4.78, 5) is 2.43. The van der Waals surface area contributed by atoms with Gasteiger partial charge in [0.15, 0.2) is 0 Å². The van der Waals surface area contributed by atoms with Crippen molar-refractivity contribution in [1.82, 2.24) is 4.90 Å². The predicted molar refractivity (Wildman–Crippen MR) is 76.6 cm³/mol. The second-order valence-electron chi connectivity index (χ2n) is 4.84. The number of nitrogens with two attached hydrogens (primary N) is 1. The van der Waals surface area contributed by atoms with Gasteiger partial charge in [0.1, 0.15) is 5.75 Å². The molecule has 1 saturated heterocycles. The maximum Gasteiger partial charge on any atom is 0.119 e. The quantitative estimate of drug-likeness (QED) is 0.754. The van der Waals surface area contributed by atoms with Gasteiger partial charge in [0.05, 0.1) is 19.8 Å². The Bertz CT molecular complexity index is 348. The predicted octanol–water partition coefficient (Wildman–Crippen LogP) is 1.29. The van der Waals surface area contributed by atoms with Crippen molar-refractivity contribution >= 4 is 0 Å². The smallest absolute Gasteiger partial charge is 0.119 e. The van der Waals surface area contributed by atoms with Crippen LogP contribution < -0.4 is 10.5 Å². The van der Waals surface area contributed by atoms with Crippen LogP contribution in [0.1, 0.15) is 12.0 Å². The molecule has 1 aliphatic rings. The Morgan fingerprint density at radius 1 is 1.16 bits per heavy atom. The summed E-state index contributed by atoms with van der Waals surface area (Å²) in [5.41, 5.74) is 6.79. The highest BCUT2D eigenvalue weighted by Crippen LogP contribution is 2.12. The Morgan fingerprint density at radius 3 is 2.58 bits per heavy atom. The summed E-state index contributed by atoms with van der Waals surface area (Å²) < 4.78 is 11.1. The van der Waals surface area contributed by atoms with Crippen molar-refractivity contribution in [1.29, 1.82) is 0 Å². The molecule has 1 aromatic carbocycles. The first kappa shape index (κ1) is 14.3. The number of rotatable bonds is 7. The molecule has 106 valence electrons. The molecule has 0 unspecified atom stereocenters. The van der Waals surface area contributed by atoms with Crippen LogP contribution in [0, 0.1) is 0 Å². The molecule has 4 heteroatoms. The highest BCUT2D eigenvalue weighted by atomic mass is 16.5. The highest BCUT2D eigenvalue weighted by Gasteiger charge is 2.09. The summed E-state index contributed by atoms with van der Waals surface area (Å²) in [6.07, 6.45) is 1.99. The summed E-state index contributed by atoms with van der Waals surface area (Å²) in [5, 5.41) is 0. The summed E-state index contributed by atoms with van der Waals surface area (Å²) in [5.74, 6) is 0.947. The molecule has 0 radical (unpaired) electrons. The van der Waals surface area contributed by atoms with Gasteiger partial charge in [-0.25, -0.2) is 0 Å². The first-order valence-corrected chi connectivity index (χ1v) is 7.10. The minimum Gasteiger partial charge on any atom is -0.494 e. The molecule has 0 aliphatic carbocycles. The molecule has 2 N–H and O–H groups in total. The Kier molecular flexibility index (Phi) is 6.14. The average Bonchev–Trinajstić information content (AvgIpc) is 2.47. The molecule has 19 heavy (non-hydrogen) atoms. The minimum absolute atomic E-state index is 0.694. The lowest BCUT2D eigenvalue weighted by Gasteiger charge is -2.26. The average molecular weight is 264 g/mol. The van der Waals surface area contributed by atoms with Crippen LogP contribution in [-0.4, -0.2) is 50.9 Å². The van der Waals surface area contributed by atoms with E-state index in [2.05, 4.69) is 17.0 Å². The van der Waals surface area contributed by atoms with Crippen LogP contribution in [0.25, 0.3) is 0 Å². The fourth-order valence-corrected chi connectivity index (χ4v) is 2.22. The van der Waals surface area contributed by atoms with Gasteiger partial charge in [0.25, 0.3) is 0 Å². The van der Waals surface area contributed by atoms with Crippen molar-refractivity contribution < 1.29 is 9.47 Å². The van der Waals surface area contributed by atoms with Crippen LogP contribution in [0.2, 0.25) is 0 Å². The maximum absolute atomic E-state index is 5.74. The van der Waals surface area contributed by atoms with E-state index in [1.54, 1.807) is 0 Å². The molecule has 4 nitrogen and oxygen atoms in total. The van der Waals surface area contributed by atoms with Gasteiger partial charge < -0.3 is 15.2 Å². The third-order valence-electron chi connectivity index (χ3n) is 3.35. The van der Waals surface area contributed by atoms with Crippen LogP contribution in [0.3, 0.4) is 0 Å². The maximum atomic E-state index is 5.74. The van der Waals surface area contributed by atoms with Gasteiger partial charge in [0.2, 0.25) is 0 Å². The lowest BCUT2D eigenvalue weighted by Crippen LogP contribution is -2.37. The molecular weight excluding hydrogens is 240 g/mol. The molecule has 0 saturated carbocycles. The molecule has 0 spiro atoms. The number of hydrogen-bond acceptors (Lipinski definition) is 4. The molecule has 1 aromatic rings. The largest absolute Gasteiger partial charge is 0.494 e. The summed E-state index contributed by atoms with van der Waals surface area (Å²) in [7, 11) is 0. The van der Waals surface area contributed by atoms with E-state index in [0.29, 0.717) is 6.54 Å². The van der Waals surface area contributed by atoms with Gasteiger partial charge in [-0.15, -0.1) is 0 Å². The zero-order valence-electron chi connectivity index (χ0n) is 11.5. The first-order chi connectivity index (χ1) is 9.38. The Hall–Kier alpha value is -1.10. The first-order valence-electron chi connectivity index (χ1n) is 7.10.